The minimum atomic E-state index is 0.744. The number of hydrogen-bond acceptors (Lipinski definition) is 2. The second-order valence-electron chi connectivity index (χ2n) is 1.66. The van der Waals surface area contributed by atoms with Gasteiger partial charge in [0.1, 0.15) is 6.29 Å². The summed E-state index contributed by atoms with van der Waals surface area (Å²) >= 11 is 0. The van der Waals surface area contributed by atoms with Crippen molar-refractivity contribution in [2.45, 2.75) is 32.6 Å². The maximum atomic E-state index is 9.68. The van der Waals surface area contributed by atoms with E-state index in [0.717, 1.165) is 26.2 Å². The predicted molar refractivity (Wildman–Crippen MR) is 38.3 cm³/mol. The van der Waals surface area contributed by atoms with Crippen LogP contribution in [-0.4, -0.2) is 18.5 Å². The van der Waals surface area contributed by atoms with Gasteiger partial charge in [-0.2, -0.15) is 0 Å². The van der Waals surface area contributed by atoms with Crippen molar-refractivity contribution < 1.29 is 9.90 Å². The van der Waals surface area contributed by atoms with Crippen LogP contribution < -0.4 is 0 Å². The molecule has 9 heavy (non-hydrogen) atoms. The van der Waals surface area contributed by atoms with Crippen LogP contribution in [-0.2, 0) is 4.79 Å². The van der Waals surface area contributed by atoms with Gasteiger partial charge in [-0.05, 0) is 6.42 Å². The van der Waals surface area contributed by atoms with E-state index in [-0.39, 0.29) is 0 Å². The average molecular weight is 132 g/mol. The summed E-state index contributed by atoms with van der Waals surface area (Å²) in [4.78, 5) is 9.68. The monoisotopic (exact) mass is 132 g/mol. The molecule has 0 atom stereocenters. The van der Waals surface area contributed by atoms with Crippen LogP contribution in [0.2, 0.25) is 0 Å². The first kappa shape index (κ1) is 11.4. The van der Waals surface area contributed by atoms with Crippen LogP contribution >= 0.6 is 0 Å². The lowest BCUT2D eigenvalue weighted by molar-refractivity contribution is -0.107. The molecule has 0 heterocycles. The van der Waals surface area contributed by atoms with E-state index in [9.17, 15) is 4.79 Å². The molecule has 0 aromatic carbocycles. The van der Waals surface area contributed by atoms with Gasteiger partial charge in [0, 0.05) is 13.5 Å². The van der Waals surface area contributed by atoms with Crippen LogP contribution in [0.3, 0.4) is 0 Å². The zero-order valence-corrected chi connectivity index (χ0v) is 6.26. The normalized spacial score (nSPS) is 7.44. The first-order chi connectivity index (χ1) is 4.41. The second kappa shape index (κ2) is 15.6. The Hall–Kier alpha value is -0.370. The fourth-order valence-corrected chi connectivity index (χ4v) is 0.478. The molecular formula is C7H16O2. The molecule has 0 bridgehead atoms. The lowest BCUT2D eigenvalue weighted by Gasteiger charge is -1.85. The molecule has 0 fully saturated rings. The van der Waals surface area contributed by atoms with E-state index < -0.39 is 0 Å². The smallest absolute Gasteiger partial charge is 0.119 e. The Morgan fingerprint density at radius 2 is 1.89 bits per heavy atom. The van der Waals surface area contributed by atoms with Crippen LogP contribution in [0.4, 0.5) is 0 Å². The molecule has 1 N–H and O–H groups in total. The van der Waals surface area contributed by atoms with E-state index in [2.05, 4.69) is 6.92 Å². The van der Waals surface area contributed by atoms with E-state index in [1.165, 1.54) is 12.8 Å². The summed E-state index contributed by atoms with van der Waals surface area (Å²) in [5.74, 6) is 0. The second-order valence-corrected chi connectivity index (χ2v) is 1.66. The summed E-state index contributed by atoms with van der Waals surface area (Å²) in [5.41, 5.74) is 0. The summed E-state index contributed by atoms with van der Waals surface area (Å²) in [7, 11) is 1.00. The van der Waals surface area contributed by atoms with Crippen LogP contribution in [0.15, 0.2) is 0 Å². The van der Waals surface area contributed by atoms with Crippen molar-refractivity contribution >= 4 is 6.29 Å². The van der Waals surface area contributed by atoms with E-state index in [0.29, 0.717) is 0 Å². The lowest BCUT2D eigenvalue weighted by atomic mass is 10.2. The number of hydrogen-bond donors (Lipinski definition) is 1. The molecule has 0 spiro atoms. The van der Waals surface area contributed by atoms with E-state index >= 15 is 0 Å². The number of carbonyl (C=O) groups is 1. The van der Waals surface area contributed by atoms with Crippen molar-refractivity contribution in [1.82, 2.24) is 0 Å². The van der Waals surface area contributed by atoms with E-state index in [1.54, 1.807) is 0 Å². The molecular weight excluding hydrogens is 116 g/mol. The van der Waals surface area contributed by atoms with Crippen molar-refractivity contribution in [2.75, 3.05) is 7.11 Å². The number of aldehydes is 1. The summed E-state index contributed by atoms with van der Waals surface area (Å²) in [6.07, 6.45) is 5.19. The average Bonchev–Trinajstić information content (AvgIpc) is 1.94. The zero-order chi connectivity index (χ0) is 7.54. The highest BCUT2D eigenvalue weighted by Gasteiger charge is 1.80. The largest absolute Gasteiger partial charge is 0.400 e. The van der Waals surface area contributed by atoms with Gasteiger partial charge in [0.25, 0.3) is 0 Å². The maximum absolute atomic E-state index is 9.68. The molecule has 0 saturated carbocycles. The summed E-state index contributed by atoms with van der Waals surface area (Å²) < 4.78 is 0. The van der Waals surface area contributed by atoms with Gasteiger partial charge >= 0.3 is 0 Å². The fraction of sp³-hybridized carbons (Fsp3) is 0.857. The Bertz CT molecular complexity index is 44.2. The van der Waals surface area contributed by atoms with Crippen LogP contribution in [0.25, 0.3) is 0 Å². The van der Waals surface area contributed by atoms with Crippen LogP contribution in [0, 0.1) is 0 Å². The Kier molecular flexibility index (Phi) is 19.9. The first-order valence-corrected chi connectivity index (χ1v) is 3.30. The van der Waals surface area contributed by atoms with Gasteiger partial charge in [-0.15, -0.1) is 0 Å². The van der Waals surface area contributed by atoms with Crippen LogP contribution in [0.5, 0.6) is 0 Å². The number of aliphatic hydroxyl groups excluding tert-OH is 1. The molecule has 0 aliphatic heterocycles. The third kappa shape index (κ3) is 18.4. The molecule has 0 amide bonds. The number of carbonyl (C=O) groups excluding carboxylic acids is 1. The van der Waals surface area contributed by atoms with E-state index in [4.69, 9.17) is 5.11 Å². The third-order valence-electron chi connectivity index (χ3n) is 0.926. The van der Waals surface area contributed by atoms with Gasteiger partial charge in [0.05, 0.1) is 0 Å². The molecule has 0 aromatic rings. The number of aliphatic hydroxyl groups is 1. The Morgan fingerprint density at radius 3 is 2.22 bits per heavy atom. The summed E-state index contributed by atoms with van der Waals surface area (Å²) in [6, 6.07) is 0. The number of rotatable bonds is 4. The Labute approximate surface area is 56.9 Å². The molecule has 0 aromatic heterocycles. The predicted octanol–water partition coefficient (Wildman–Crippen LogP) is 1.37. The molecule has 0 radical (unpaired) electrons. The summed E-state index contributed by atoms with van der Waals surface area (Å²) in [5, 5.41) is 7.00. The third-order valence-corrected chi connectivity index (χ3v) is 0.926. The Balaban J connectivity index is 0. The maximum Gasteiger partial charge on any atom is 0.119 e. The lowest BCUT2D eigenvalue weighted by Crippen LogP contribution is -1.73. The van der Waals surface area contributed by atoms with Crippen LogP contribution in [0.1, 0.15) is 32.6 Å². The number of unbranched alkanes of at least 4 members (excludes halogenated alkanes) is 3. The highest BCUT2D eigenvalue weighted by molar-refractivity contribution is 5.48. The molecule has 2 nitrogen and oxygen atoms in total. The highest BCUT2D eigenvalue weighted by Crippen LogP contribution is 1.94. The van der Waals surface area contributed by atoms with Gasteiger partial charge in [-0.25, -0.2) is 0 Å². The minimum absolute atomic E-state index is 0.744. The molecule has 0 rings (SSSR count). The first-order valence-electron chi connectivity index (χ1n) is 3.30. The molecule has 2 heteroatoms. The molecule has 0 unspecified atom stereocenters. The SMILES string of the molecule is CCCCCC=O.CO. The minimum Gasteiger partial charge on any atom is -0.400 e. The van der Waals surface area contributed by atoms with Gasteiger partial charge < -0.3 is 9.90 Å². The fourth-order valence-electron chi connectivity index (χ4n) is 0.478. The highest BCUT2D eigenvalue weighted by atomic mass is 16.2. The van der Waals surface area contributed by atoms with Gasteiger partial charge in [-0.3, -0.25) is 0 Å². The molecule has 0 aliphatic carbocycles. The van der Waals surface area contributed by atoms with E-state index in [1.807, 2.05) is 0 Å². The molecule has 0 saturated heterocycles. The summed E-state index contributed by atoms with van der Waals surface area (Å²) in [6.45, 7) is 2.13. The molecule has 56 valence electrons. The zero-order valence-electron chi connectivity index (χ0n) is 6.26. The van der Waals surface area contributed by atoms with Crippen molar-refractivity contribution in [3.05, 3.63) is 0 Å². The van der Waals surface area contributed by atoms with Gasteiger partial charge in [0.2, 0.25) is 0 Å². The standard InChI is InChI=1S/C6H12O.CH4O/c1-2-3-4-5-6-7;1-2/h6H,2-5H2,1H3;2H,1H3. The quantitative estimate of drug-likeness (QED) is 0.463. The molecule has 0 aliphatic rings. The van der Waals surface area contributed by atoms with Crippen molar-refractivity contribution in [1.29, 1.82) is 0 Å². The van der Waals surface area contributed by atoms with Gasteiger partial charge in [-0.1, -0.05) is 19.8 Å². The van der Waals surface area contributed by atoms with Crippen molar-refractivity contribution in [3.63, 3.8) is 0 Å². The van der Waals surface area contributed by atoms with Crippen molar-refractivity contribution in [3.8, 4) is 0 Å². The van der Waals surface area contributed by atoms with Gasteiger partial charge in [0.15, 0.2) is 0 Å². The van der Waals surface area contributed by atoms with Crippen molar-refractivity contribution in [2.24, 2.45) is 0 Å². The Morgan fingerprint density at radius 1 is 1.33 bits per heavy atom. The topological polar surface area (TPSA) is 37.3 Å².